The Bertz CT molecular complexity index is 1440. The van der Waals surface area contributed by atoms with Crippen molar-refractivity contribution in [3.63, 3.8) is 0 Å². The van der Waals surface area contributed by atoms with Crippen LogP contribution in [-0.2, 0) is 20.1 Å². The second-order valence-electron chi connectivity index (χ2n) is 8.37. The molecule has 6 rings (SSSR count). The van der Waals surface area contributed by atoms with Crippen LogP contribution in [0.4, 0.5) is 0 Å². The normalized spacial score (nSPS) is 10.0. The Kier molecular flexibility index (Phi) is 9.42. The minimum Gasteiger partial charge on any atom is -0.345 e. The summed E-state index contributed by atoms with van der Waals surface area (Å²) in [5.74, 6) is 0. The Labute approximate surface area is 237 Å². The number of hydrogen-bond acceptors (Lipinski definition) is 3. The van der Waals surface area contributed by atoms with Crippen molar-refractivity contribution < 1.29 is 20.1 Å². The van der Waals surface area contributed by atoms with E-state index in [4.69, 9.17) is 4.98 Å². The molecule has 3 nitrogen and oxygen atoms in total. The molecule has 184 valence electrons. The van der Waals surface area contributed by atoms with Crippen LogP contribution >= 0.6 is 0 Å². The third-order valence-corrected chi connectivity index (χ3v) is 5.60. The topological polar surface area (TPSA) is 38.7 Å². The molecule has 6 aromatic rings. The molecule has 4 heteroatoms. The number of hydrogen-bond donors (Lipinski definition) is 0. The molecule has 0 aliphatic rings. The Morgan fingerprint density at radius 2 is 0.947 bits per heavy atom. The van der Waals surface area contributed by atoms with Crippen LogP contribution in [0.25, 0.3) is 45.2 Å². The van der Waals surface area contributed by atoms with E-state index < -0.39 is 0 Å². The van der Waals surface area contributed by atoms with Gasteiger partial charge in [0.2, 0.25) is 0 Å². The standard InChI is InChI=1S/C18H13N.C16H11N2.Ir/c1-14-12-17(15-8-4-2-5-9-15)19-18(13-14)16-10-6-3-7-11-16;1-2-7-13(8-3-1)14-10-6-11-16(18-14)15-9-4-5-12-17-15;/h2-8,10,12-13H,1H3;1-7,9-12H;/q-2;-1;+3. The minimum absolute atomic E-state index is 0. The molecule has 0 saturated heterocycles. The Hall–Kier alpha value is -4.24. The van der Waals surface area contributed by atoms with Gasteiger partial charge in [0.25, 0.3) is 0 Å². The first kappa shape index (κ1) is 26.8. The van der Waals surface area contributed by atoms with Gasteiger partial charge in [-0.05, 0) is 42.2 Å². The van der Waals surface area contributed by atoms with Crippen LogP contribution in [0.15, 0.2) is 128 Å². The first-order chi connectivity index (χ1) is 18.3. The second kappa shape index (κ2) is 13.3. The van der Waals surface area contributed by atoms with Gasteiger partial charge in [0.05, 0.1) is 11.4 Å². The summed E-state index contributed by atoms with van der Waals surface area (Å²) in [7, 11) is 0. The summed E-state index contributed by atoms with van der Waals surface area (Å²) in [5, 5.41) is 0. The third kappa shape index (κ3) is 6.95. The zero-order chi connectivity index (χ0) is 25.3. The van der Waals surface area contributed by atoms with Crippen LogP contribution in [0.1, 0.15) is 5.56 Å². The summed E-state index contributed by atoms with van der Waals surface area (Å²) in [4.78, 5) is 13.6. The van der Waals surface area contributed by atoms with Crippen LogP contribution in [0.5, 0.6) is 0 Å². The molecule has 3 aromatic heterocycles. The van der Waals surface area contributed by atoms with Gasteiger partial charge >= 0.3 is 20.1 Å². The van der Waals surface area contributed by atoms with E-state index in [1.807, 2.05) is 109 Å². The summed E-state index contributed by atoms with van der Waals surface area (Å²) in [6.07, 6.45) is 1.78. The van der Waals surface area contributed by atoms with Crippen molar-refractivity contribution >= 4 is 0 Å². The molecular formula is C34H24IrN3. The maximum absolute atomic E-state index is 4.71. The number of aryl methyl sites for hydroxylation is 1. The van der Waals surface area contributed by atoms with E-state index in [0.717, 1.165) is 45.2 Å². The predicted octanol–water partition coefficient (Wildman–Crippen LogP) is 7.93. The monoisotopic (exact) mass is 667 g/mol. The van der Waals surface area contributed by atoms with E-state index in [9.17, 15) is 0 Å². The van der Waals surface area contributed by atoms with Gasteiger partial charge in [-0.1, -0.05) is 35.9 Å². The fourth-order valence-corrected chi connectivity index (χ4v) is 3.84. The SMILES string of the molecule is Cc1cc(-c2[c-]cccc2)nc(-c2[c-]cccc2)c1.[Ir+3].[c-]1ccccc1-c1cccc(-c2ccccn2)n1. The second-order valence-corrected chi connectivity index (χ2v) is 8.37. The summed E-state index contributed by atoms with van der Waals surface area (Å²) < 4.78 is 0. The molecule has 0 saturated carbocycles. The number of rotatable bonds is 4. The van der Waals surface area contributed by atoms with E-state index in [2.05, 4.69) is 47.2 Å². The van der Waals surface area contributed by atoms with E-state index in [1.54, 1.807) is 6.20 Å². The van der Waals surface area contributed by atoms with Crippen LogP contribution in [0.2, 0.25) is 0 Å². The largest absolute Gasteiger partial charge is 3.00 e. The molecule has 0 unspecified atom stereocenters. The molecule has 0 fully saturated rings. The molecule has 0 aliphatic heterocycles. The number of nitrogens with zero attached hydrogens (tertiary/aromatic N) is 3. The van der Waals surface area contributed by atoms with Crippen molar-refractivity contribution in [1.29, 1.82) is 0 Å². The van der Waals surface area contributed by atoms with Crippen molar-refractivity contribution in [1.82, 2.24) is 15.0 Å². The van der Waals surface area contributed by atoms with Gasteiger partial charge in [0.15, 0.2) is 0 Å². The number of benzene rings is 3. The van der Waals surface area contributed by atoms with Crippen molar-refractivity contribution in [3.05, 3.63) is 151 Å². The van der Waals surface area contributed by atoms with E-state index >= 15 is 0 Å². The zero-order valence-electron chi connectivity index (χ0n) is 20.8. The molecule has 0 spiro atoms. The van der Waals surface area contributed by atoms with Gasteiger partial charge in [-0.3, -0.25) is 9.97 Å². The molecule has 0 amide bonds. The smallest absolute Gasteiger partial charge is 0.345 e. The predicted molar refractivity (Wildman–Crippen MR) is 149 cm³/mol. The Morgan fingerprint density at radius 3 is 1.45 bits per heavy atom. The van der Waals surface area contributed by atoms with Gasteiger partial charge in [0, 0.05) is 6.20 Å². The van der Waals surface area contributed by atoms with Crippen molar-refractivity contribution in [2.45, 2.75) is 6.92 Å². The quantitative estimate of drug-likeness (QED) is 0.180. The zero-order valence-corrected chi connectivity index (χ0v) is 23.2. The summed E-state index contributed by atoms with van der Waals surface area (Å²) >= 11 is 0. The molecule has 0 bridgehead atoms. The summed E-state index contributed by atoms with van der Waals surface area (Å²) in [6, 6.07) is 49.2. The number of aromatic nitrogens is 3. The van der Waals surface area contributed by atoms with Crippen molar-refractivity contribution in [2.75, 3.05) is 0 Å². The first-order valence-electron chi connectivity index (χ1n) is 12.0. The van der Waals surface area contributed by atoms with E-state index in [0.29, 0.717) is 0 Å². The van der Waals surface area contributed by atoms with Crippen molar-refractivity contribution in [3.8, 4) is 45.2 Å². The van der Waals surface area contributed by atoms with Crippen LogP contribution in [0.3, 0.4) is 0 Å². The molecule has 0 aliphatic carbocycles. The summed E-state index contributed by atoms with van der Waals surface area (Å²) in [5.41, 5.74) is 8.80. The number of pyridine rings is 3. The molecule has 0 atom stereocenters. The van der Waals surface area contributed by atoms with Gasteiger partial charge in [-0.2, -0.15) is 0 Å². The third-order valence-electron chi connectivity index (χ3n) is 5.60. The average Bonchev–Trinajstić information content (AvgIpc) is 2.99. The molecule has 0 N–H and O–H groups in total. The summed E-state index contributed by atoms with van der Waals surface area (Å²) in [6.45, 7) is 2.08. The van der Waals surface area contributed by atoms with Crippen LogP contribution < -0.4 is 0 Å². The van der Waals surface area contributed by atoms with Gasteiger partial charge in [0.1, 0.15) is 0 Å². The molecule has 3 heterocycles. The first-order valence-corrected chi connectivity index (χ1v) is 12.0. The maximum Gasteiger partial charge on any atom is 3.00 e. The fraction of sp³-hybridized carbons (Fsp3) is 0.0294. The fourth-order valence-electron chi connectivity index (χ4n) is 3.84. The van der Waals surface area contributed by atoms with Gasteiger partial charge in [-0.25, -0.2) is 0 Å². The van der Waals surface area contributed by atoms with Crippen molar-refractivity contribution in [2.24, 2.45) is 0 Å². The molecule has 0 radical (unpaired) electrons. The maximum atomic E-state index is 4.71. The molecule has 38 heavy (non-hydrogen) atoms. The van der Waals surface area contributed by atoms with E-state index in [-0.39, 0.29) is 20.1 Å². The van der Waals surface area contributed by atoms with E-state index in [1.165, 1.54) is 5.56 Å². The molecular weight excluding hydrogens is 643 g/mol. The molecule has 3 aromatic carbocycles. The van der Waals surface area contributed by atoms with Gasteiger partial charge < -0.3 is 4.98 Å². The van der Waals surface area contributed by atoms with Crippen LogP contribution in [0, 0.1) is 25.1 Å². The Balaban J connectivity index is 0.000000173. The minimum atomic E-state index is 0. The van der Waals surface area contributed by atoms with Crippen LogP contribution in [-0.4, -0.2) is 15.0 Å². The van der Waals surface area contributed by atoms with Gasteiger partial charge in [-0.15, -0.1) is 108 Å². The average molecular weight is 667 g/mol. The Morgan fingerprint density at radius 1 is 0.474 bits per heavy atom.